The smallest absolute Gasteiger partial charge is 0.327 e. The van der Waals surface area contributed by atoms with Gasteiger partial charge in [-0.3, -0.25) is 9.59 Å². The first-order valence-electron chi connectivity index (χ1n) is 13.4. The van der Waals surface area contributed by atoms with Gasteiger partial charge in [0.1, 0.15) is 6.04 Å². The van der Waals surface area contributed by atoms with Crippen LogP contribution in [0.1, 0.15) is 113 Å². The SMILES string of the molecule is C.COC(=O)CCC(=O)N[C@@H](CSC/C=C(\C)CCCC(C)CCCC(C)CCCC(C)C)C(=O)O. The number of methoxy groups -OCH3 is 1. The number of carboxylic acid groups (broad SMARTS) is 1. The number of carbonyl (C=O) groups is 3. The average Bonchev–Trinajstić information content (AvgIpc) is 2.78. The standard InChI is InChI=1S/C28H51NO5S.CH4/c1-21(2)10-7-11-22(3)12-8-13-23(4)14-9-15-24(5)18-19-35-20-25(28(32)33)29-26(30)16-17-27(31)34-6;/h18,21-23,25H,7-17,19-20H2,1-6H3,(H,29,30)(H,32,33);1H4/b24-18+;/t22?,23?,25-;/m0./s1. The van der Waals surface area contributed by atoms with Crippen LogP contribution in [0.15, 0.2) is 11.6 Å². The molecule has 0 heterocycles. The number of thioether (sulfide) groups is 1. The molecule has 0 spiro atoms. The van der Waals surface area contributed by atoms with Crippen LogP contribution in [0.2, 0.25) is 0 Å². The summed E-state index contributed by atoms with van der Waals surface area (Å²) in [6.45, 7) is 11.5. The molecule has 0 radical (unpaired) electrons. The van der Waals surface area contributed by atoms with E-state index < -0.39 is 23.9 Å². The second-order valence-electron chi connectivity index (χ2n) is 10.5. The summed E-state index contributed by atoms with van der Waals surface area (Å²) in [5.41, 5.74) is 1.33. The summed E-state index contributed by atoms with van der Waals surface area (Å²) in [6.07, 6.45) is 13.6. The Bertz CT molecular complexity index is 635. The Morgan fingerprint density at radius 1 is 0.889 bits per heavy atom. The first kappa shape index (κ1) is 36.7. The molecular weight excluding hydrogens is 474 g/mol. The summed E-state index contributed by atoms with van der Waals surface area (Å²) in [7, 11) is 1.25. The average molecular weight is 530 g/mol. The molecule has 7 heteroatoms. The van der Waals surface area contributed by atoms with Crippen LogP contribution in [-0.2, 0) is 19.1 Å². The third kappa shape index (κ3) is 21.8. The summed E-state index contributed by atoms with van der Waals surface area (Å²) >= 11 is 1.49. The Hall–Kier alpha value is -1.50. The fraction of sp³-hybridized carbons (Fsp3) is 0.828. The number of aliphatic carboxylic acids is 1. The topological polar surface area (TPSA) is 92.7 Å². The molecule has 1 amide bonds. The van der Waals surface area contributed by atoms with Crippen molar-refractivity contribution in [1.82, 2.24) is 5.32 Å². The maximum absolute atomic E-state index is 11.9. The van der Waals surface area contributed by atoms with Crippen LogP contribution in [0.5, 0.6) is 0 Å². The number of nitrogens with one attached hydrogen (secondary N) is 1. The Morgan fingerprint density at radius 2 is 1.44 bits per heavy atom. The van der Waals surface area contributed by atoms with Crippen LogP contribution in [0.25, 0.3) is 0 Å². The lowest BCUT2D eigenvalue weighted by Gasteiger charge is -2.15. The maximum Gasteiger partial charge on any atom is 0.327 e. The van der Waals surface area contributed by atoms with Gasteiger partial charge in [-0.1, -0.05) is 91.7 Å². The molecule has 0 saturated carbocycles. The molecule has 0 aromatic carbocycles. The van der Waals surface area contributed by atoms with Gasteiger partial charge >= 0.3 is 11.9 Å². The molecule has 0 aliphatic rings. The molecule has 0 bridgehead atoms. The number of amides is 1. The second-order valence-corrected chi connectivity index (χ2v) is 11.6. The van der Waals surface area contributed by atoms with Gasteiger partial charge < -0.3 is 15.2 Å². The first-order chi connectivity index (χ1) is 16.5. The molecule has 0 aromatic heterocycles. The molecule has 0 aliphatic heterocycles. The highest BCUT2D eigenvalue weighted by molar-refractivity contribution is 7.99. The van der Waals surface area contributed by atoms with Crippen molar-refractivity contribution in [2.75, 3.05) is 18.6 Å². The quantitative estimate of drug-likeness (QED) is 0.0923. The monoisotopic (exact) mass is 529 g/mol. The van der Waals surface area contributed by atoms with Gasteiger partial charge in [0, 0.05) is 17.9 Å². The molecule has 0 rings (SSSR count). The summed E-state index contributed by atoms with van der Waals surface area (Å²) < 4.78 is 4.49. The molecule has 6 nitrogen and oxygen atoms in total. The van der Waals surface area contributed by atoms with E-state index in [2.05, 4.69) is 50.7 Å². The number of carboxylic acids is 1. The summed E-state index contributed by atoms with van der Waals surface area (Å²) in [5.74, 6) is 1.43. The Morgan fingerprint density at radius 3 is 1.97 bits per heavy atom. The Kier molecular flexibility index (Phi) is 23.1. The van der Waals surface area contributed by atoms with Crippen molar-refractivity contribution in [3.05, 3.63) is 11.6 Å². The van der Waals surface area contributed by atoms with E-state index in [9.17, 15) is 19.5 Å². The first-order valence-corrected chi connectivity index (χ1v) is 14.5. The van der Waals surface area contributed by atoms with Crippen LogP contribution in [0.4, 0.5) is 0 Å². The summed E-state index contributed by atoms with van der Waals surface area (Å²) in [4.78, 5) is 34.4. The van der Waals surface area contributed by atoms with Gasteiger partial charge in [0.2, 0.25) is 5.91 Å². The van der Waals surface area contributed by atoms with Crippen molar-refractivity contribution in [3.63, 3.8) is 0 Å². The van der Waals surface area contributed by atoms with Gasteiger partial charge in [-0.05, 0) is 37.5 Å². The van der Waals surface area contributed by atoms with Gasteiger partial charge in [-0.25, -0.2) is 4.79 Å². The summed E-state index contributed by atoms with van der Waals surface area (Å²) in [5, 5.41) is 11.8. The predicted octanol–water partition coefficient (Wildman–Crippen LogP) is 7.26. The van der Waals surface area contributed by atoms with Crippen LogP contribution in [0, 0.1) is 17.8 Å². The molecule has 0 fully saturated rings. The number of ether oxygens (including phenoxy) is 1. The van der Waals surface area contributed by atoms with Crippen molar-refractivity contribution in [3.8, 4) is 0 Å². The minimum Gasteiger partial charge on any atom is -0.480 e. The minimum atomic E-state index is -1.07. The lowest BCUT2D eigenvalue weighted by Crippen LogP contribution is -2.42. The Balaban J connectivity index is 0. The van der Waals surface area contributed by atoms with Crippen molar-refractivity contribution < 1.29 is 24.2 Å². The molecule has 36 heavy (non-hydrogen) atoms. The number of rotatable bonds is 21. The molecule has 0 aromatic rings. The van der Waals surface area contributed by atoms with Gasteiger partial charge in [-0.2, -0.15) is 11.8 Å². The molecule has 2 unspecified atom stereocenters. The normalized spacial score (nSPS) is 14.0. The van der Waals surface area contributed by atoms with E-state index in [-0.39, 0.29) is 26.0 Å². The molecule has 212 valence electrons. The lowest BCUT2D eigenvalue weighted by molar-refractivity contribution is -0.142. The molecule has 3 atom stereocenters. The van der Waals surface area contributed by atoms with E-state index in [1.54, 1.807) is 0 Å². The molecule has 2 N–H and O–H groups in total. The van der Waals surface area contributed by atoms with Gasteiger partial charge in [-0.15, -0.1) is 0 Å². The fourth-order valence-electron chi connectivity index (χ4n) is 3.96. The third-order valence-electron chi connectivity index (χ3n) is 6.39. The second kappa shape index (κ2) is 22.7. The maximum atomic E-state index is 11.9. The highest BCUT2D eigenvalue weighted by Crippen LogP contribution is 2.22. The highest BCUT2D eigenvalue weighted by Gasteiger charge is 2.20. The van der Waals surface area contributed by atoms with Crippen molar-refractivity contribution in [1.29, 1.82) is 0 Å². The van der Waals surface area contributed by atoms with Crippen molar-refractivity contribution in [2.45, 2.75) is 119 Å². The van der Waals surface area contributed by atoms with Crippen LogP contribution in [0.3, 0.4) is 0 Å². The largest absolute Gasteiger partial charge is 0.480 e. The van der Waals surface area contributed by atoms with E-state index in [0.29, 0.717) is 0 Å². The van der Waals surface area contributed by atoms with Crippen molar-refractivity contribution >= 4 is 29.6 Å². The molecule has 0 saturated heterocycles. The summed E-state index contributed by atoms with van der Waals surface area (Å²) in [6, 6.07) is -0.961. The predicted molar refractivity (Wildman–Crippen MR) is 153 cm³/mol. The number of allylic oxidation sites excluding steroid dienone is 1. The number of carbonyl (C=O) groups excluding carboxylic acids is 2. The van der Waals surface area contributed by atoms with E-state index in [0.717, 1.165) is 29.9 Å². The molecule has 0 aliphatic carbocycles. The zero-order valence-electron chi connectivity index (χ0n) is 23.1. The fourth-order valence-corrected chi connectivity index (χ4v) is 4.96. The Labute approximate surface area is 225 Å². The van der Waals surface area contributed by atoms with Gasteiger partial charge in [0.25, 0.3) is 0 Å². The van der Waals surface area contributed by atoms with E-state index in [4.69, 9.17) is 0 Å². The van der Waals surface area contributed by atoms with Crippen LogP contribution < -0.4 is 5.32 Å². The van der Waals surface area contributed by atoms with Crippen molar-refractivity contribution in [2.24, 2.45) is 17.8 Å². The van der Waals surface area contributed by atoms with E-state index in [1.807, 2.05) is 0 Å². The number of hydrogen-bond donors (Lipinski definition) is 2. The van der Waals surface area contributed by atoms with Gasteiger partial charge in [0.15, 0.2) is 0 Å². The number of esters is 1. The lowest BCUT2D eigenvalue weighted by atomic mass is 9.91. The van der Waals surface area contributed by atoms with Crippen LogP contribution in [-0.4, -0.2) is 47.6 Å². The third-order valence-corrected chi connectivity index (χ3v) is 7.36. The molecular formula is C29H55NO5S. The minimum absolute atomic E-state index is 0. The zero-order valence-corrected chi connectivity index (χ0v) is 23.9. The van der Waals surface area contributed by atoms with Crippen LogP contribution >= 0.6 is 11.8 Å². The van der Waals surface area contributed by atoms with E-state index >= 15 is 0 Å². The highest BCUT2D eigenvalue weighted by atomic mass is 32.2. The van der Waals surface area contributed by atoms with E-state index in [1.165, 1.54) is 75.8 Å². The zero-order chi connectivity index (χ0) is 26.6. The number of hydrogen-bond acceptors (Lipinski definition) is 5. The van der Waals surface area contributed by atoms with Gasteiger partial charge in [0.05, 0.1) is 13.5 Å².